The highest BCUT2D eigenvalue weighted by atomic mass is 32.1. The summed E-state index contributed by atoms with van der Waals surface area (Å²) < 4.78 is 10.3. The van der Waals surface area contributed by atoms with Gasteiger partial charge in [0.1, 0.15) is 10.7 Å². The molecule has 0 aromatic heterocycles. The molecule has 0 aliphatic carbocycles. The van der Waals surface area contributed by atoms with E-state index in [0.717, 1.165) is 5.56 Å². The lowest BCUT2D eigenvalue weighted by Crippen LogP contribution is -2.17. The second-order valence-electron chi connectivity index (χ2n) is 4.72. The Morgan fingerprint density at radius 2 is 1.96 bits per heavy atom. The number of nitrogens with one attached hydrogen (secondary N) is 1. The van der Waals surface area contributed by atoms with Gasteiger partial charge in [0.25, 0.3) is 0 Å². The molecule has 0 aliphatic rings. The Balaban J connectivity index is 2.04. The zero-order valence-corrected chi connectivity index (χ0v) is 13.8. The predicted molar refractivity (Wildman–Crippen MR) is 94.7 cm³/mol. The highest BCUT2D eigenvalue weighted by Gasteiger charge is 2.09. The second kappa shape index (κ2) is 8.14. The van der Waals surface area contributed by atoms with Crippen LogP contribution in [0.4, 0.5) is 0 Å². The van der Waals surface area contributed by atoms with Gasteiger partial charge in [0, 0.05) is 18.1 Å². The number of phenolic OH excluding ortho intramolecular Hbond substituents is 1. The van der Waals surface area contributed by atoms with Gasteiger partial charge in [0.05, 0.1) is 20.4 Å². The van der Waals surface area contributed by atoms with Crippen LogP contribution in [0.25, 0.3) is 0 Å². The van der Waals surface area contributed by atoms with Crippen LogP contribution >= 0.6 is 12.2 Å². The van der Waals surface area contributed by atoms with Gasteiger partial charge in [0.2, 0.25) is 0 Å². The highest BCUT2D eigenvalue weighted by molar-refractivity contribution is 7.80. The minimum Gasteiger partial charge on any atom is -0.504 e. The summed E-state index contributed by atoms with van der Waals surface area (Å²) in [6.07, 6.45) is 2.07. The van der Waals surface area contributed by atoms with E-state index in [1.54, 1.807) is 19.2 Å². The topological polar surface area (TPSA) is 63.1 Å². The van der Waals surface area contributed by atoms with Gasteiger partial charge in [-0.1, -0.05) is 42.5 Å². The Labute approximate surface area is 140 Å². The van der Waals surface area contributed by atoms with E-state index in [1.807, 2.05) is 30.3 Å². The number of nitrogens with zero attached hydrogens (tertiary/aromatic N) is 1. The number of thiocarbonyl (C=S) groups is 1. The maximum atomic E-state index is 10.1. The molecule has 0 radical (unpaired) electrons. The van der Waals surface area contributed by atoms with Crippen molar-refractivity contribution >= 4 is 23.4 Å². The van der Waals surface area contributed by atoms with E-state index in [9.17, 15) is 5.11 Å². The Hall–Kier alpha value is -2.60. The van der Waals surface area contributed by atoms with E-state index >= 15 is 0 Å². The van der Waals surface area contributed by atoms with Gasteiger partial charge in [-0.3, -0.25) is 5.43 Å². The lowest BCUT2D eigenvalue weighted by atomic mass is 10.1. The zero-order chi connectivity index (χ0) is 16.7. The third-order valence-corrected chi connectivity index (χ3v) is 3.37. The van der Waals surface area contributed by atoms with Crippen molar-refractivity contribution in [2.45, 2.75) is 6.42 Å². The number of ether oxygens (including phenoxy) is 2. The Morgan fingerprint density at radius 3 is 2.61 bits per heavy atom. The molecule has 0 unspecified atom stereocenters. The van der Waals surface area contributed by atoms with Crippen LogP contribution in [-0.2, 0) is 6.42 Å². The number of hydrazone groups is 1. The Bertz CT molecular complexity index is 702. The number of benzene rings is 2. The van der Waals surface area contributed by atoms with Crippen LogP contribution in [0.2, 0.25) is 0 Å². The number of rotatable bonds is 6. The number of hydrogen-bond acceptors (Lipinski definition) is 5. The van der Waals surface area contributed by atoms with Crippen LogP contribution in [0.3, 0.4) is 0 Å². The molecule has 0 atom stereocenters. The van der Waals surface area contributed by atoms with Crippen molar-refractivity contribution in [3.8, 4) is 17.2 Å². The van der Waals surface area contributed by atoms with Crippen molar-refractivity contribution in [2.75, 3.05) is 14.2 Å². The number of hydrogen-bond donors (Lipinski definition) is 2. The molecule has 0 fully saturated rings. The van der Waals surface area contributed by atoms with E-state index in [4.69, 9.17) is 21.7 Å². The van der Waals surface area contributed by atoms with Crippen LogP contribution in [0.15, 0.2) is 47.6 Å². The Kier molecular flexibility index (Phi) is 5.94. The normalized spacial score (nSPS) is 10.5. The molecule has 2 aromatic carbocycles. The summed E-state index contributed by atoms with van der Waals surface area (Å²) in [6, 6.07) is 13.1. The van der Waals surface area contributed by atoms with E-state index in [2.05, 4.69) is 10.5 Å². The van der Waals surface area contributed by atoms with Gasteiger partial charge in [-0.2, -0.15) is 5.10 Å². The summed E-state index contributed by atoms with van der Waals surface area (Å²) in [5.41, 5.74) is 4.36. The standard InChI is InChI=1S/C17H18N2O3S/c1-21-14-9-13(17(20)15(10-14)22-2)11-18-19-16(23)8-12-6-4-3-5-7-12/h3-7,9-11,20H,8H2,1-2H3,(H,19,23)/b18-11+. The lowest BCUT2D eigenvalue weighted by Gasteiger charge is -2.09. The monoisotopic (exact) mass is 330 g/mol. The second-order valence-corrected chi connectivity index (χ2v) is 5.22. The van der Waals surface area contributed by atoms with Gasteiger partial charge in [0.15, 0.2) is 11.5 Å². The molecule has 2 rings (SSSR count). The summed E-state index contributed by atoms with van der Waals surface area (Å²) in [5.74, 6) is 0.874. The summed E-state index contributed by atoms with van der Waals surface area (Å²) in [5, 5.41) is 14.1. The molecule has 0 bridgehead atoms. The quantitative estimate of drug-likeness (QED) is 0.484. The predicted octanol–water partition coefficient (Wildman–Crippen LogP) is 2.90. The molecule has 120 valence electrons. The van der Waals surface area contributed by atoms with Gasteiger partial charge in [-0.25, -0.2) is 0 Å². The average molecular weight is 330 g/mol. The molecule has 0 heterocycles. The molecule has 2 N–H and O–H groups in total. The van der Waals surface area contributed by atoms with Crippen molar-refractivity contribution < 1.29 is 14.6 Å². The fourth-order valence-electron chi connectivity index (χ4n) is 1.97. The largest absolute Gasteiger partial charge is 0.504 e. The van der Waals surface area contributed by atoms with Gasteiger partial charge in [-0.15, -0.1) is 0 Å². The van der Waals surface area contributed by atoms with E-state index in [1.165, 1.54) is 13.3 Å². The molecule has 23 heavy (non-hydrogen) atoms. The van der Waals surface area contributed by atoms with Crippen molar-refractivity contribution in [1.29, 1.82) is 0 Å². The molecule has 0 saturated heterocycles. The third kappa shape index (κ3) is 4.69. The molecule has 0 aliphatic heterocycles. The average Bonchev–Trinajstić information content (AvgIpc) is 2.57. The first-order chi connectivity index (χ1) is 11.1. The fraction of sp³-hybridized carbons (Fsp3) is 0.176. The maximum absolute atomic E-state index is 10.1. The molecule has 0 spiro atoms. The van der Waals surface area contributed by atoms with Crippen LogP contribution in [0, 0.1) is 0 Å². The van der Waals surface area contributed by atoms with Gasteiger partial charge < -0.3 is 14.6 Å². The summed E-state index contributed by atoms with van der Waals surface area (Å²) in [4.78, 5) is 0.585. The van der Waals surface area contributed by atoms with Crippen molar-refractivity contribution in [1.82, 2.24) is 5.43 Å². The summed E-state index contributed by atoms with van der Waals surface area (Å²) in [6.45, 7) is 0. The number of methoxy groups -OCH3 is 2. The zero-order valence-electron chi connectivity index (χ0n) is 12.9. The van der Waals surface area contributed by atoms with Gasteiger partial charge >= 0.3 is 0 Å². The lowest BCUT2D eigenvalue weighted by molar-refractivity contribution is 0.364. The van der Waals surface area contributed by atoms with Crippen molar-refractivity contribution in [3.63, 3.8) is 0 Å². The molecule has 6 heteroatoms. The molecule has 5 nitrogen and oxygen atoms in total. The van der Waals surface area contributed by atoms with Crippen LogP contribution in [-0.4, -0.2) is 30.5 Å². The van der Waals surface area contributed by atoms with E-state index in [-0.39, 0.29) is 5.75 Å². The number of phenols is 1. The SMILES string of the molecule is COc1cc(/C=N/NC(=S)Cc2ccccc2)c(O)c(OC)c1. The minimum atomic E-state index is -0.00664. The van der Waals surface area contributed by atoms with Crippen LogP contribution in [0.5, 0.6) is 17.2 Å². The van der Waals surface area contributed by atoms with Crippen molar-refractivity contribution in [3.05, 3.63) is 53.6 Å². The first kappa shape index (κ1) is 16.8. The molecular weight excluding hydrogens is 312 g/mol. The molecule has 0 saturated carbocycles. The minimum absolute atomic E-state index is 0.00664. The van der Waals surface area contributed by atoms with E-state index in [0.29, 0.717) is 28.5 Å². The van der Waals surface area contributed by atoms with Crippen LogP contribution < -0.4 is 14.9 Å². The smallest absolute Gasteiger partial charge is 0.166 e. The fourth-order valence-corrected chi connectivity index (χ4v) is 2.19. The number of aromatic hydroxyl groups is 1. The highest BCUT2D eigenvalue weighted by Crippen LogP contribution is 2.33. The Morgan fingerprint density at radius 1 is 1.22 bits per heavy atom. The van der Waals surface area contributed by atoms with Gasteiger partial charge in [-0.05, 0) is 11.6 Å². The molecule has 2 aromatic rings. The third-order valence-electron chi connectivity index (χ3n) is 3.13. The molecular formula is C17H18N2O3S. The van der Waals surface area contributed by atoms with E-state index < -0.39 is 0 Å². The van der Waals surface area contributed by atoms with Crippen LogP contribution in [0.1, 0.15) is 11.1 Å². The summed E-state index contributed by atoms with van der Waals surface area (Å²) >= 11 is 5.24. The molecule has 0 amide bonds. The maximum Gasteiger partial charge on any atom is 0.166 e. The summed E-state index contributed by atoms with van der Waals surface area (Å²) in [7, 11) is 3.02. The first-order valence-electron chi connectivity index (χ1n) is 6.95. The first-order valence-corrected chi connectivity index (χ1v) is 7.35. The van der Waals surface area contributed by atoms with Crippen molar-refractivity contribution in [2.24, 2.45) is 5.10 Å².